The molecule has 5 rings (SSSR count). The van der Waals surface area contributed by atoms with Crippen molar-refractivity contribution in [2.24, 2.45) is 10.2 Å². The molecule has 0 saturated carbocycles. The molecular formula is C21H19BrN8O2. The second-order valence-corrected chi connectivity index (χ2v) is 7.98. The number of H-pyrrole nitrogens is 1. The smallest absolute Gasteiger partial charge is 0.275 e. The van der Waals surface area contributed by atoms with E-state index in [4.69, 9.17) is 4.74 Å². The van der Waals surface area contributed by atoms with Crippen molar-refractivity contribution >= 4 is 56.1 Å². The number of para-hydroxylation sites is 1. The Morgan fingerprint density at radius 3 is 2.72 bits per heavy atom. The van der Waals surface area contributed by atoms with Gasteiger partial charge >= 0.3 is 0 Å². The molecule has 0 amide bonds. The number of benzene rings is 2. The first kappa shape index (κ1) is 20.3. The van der Waals surface area contributed by atoms with Gasteiger partial charge in [-0.15, -0.1) is 10.2 Å². The van der Waals surface area contributed by atoms with Gasteiger partial charge in [-0.25, -0.2) is 0 Å². The molecule has 0 atom stereocenters. The van der Waals surface area contributed by atoms with E-state index in [0.717, 1.165) is 21.1 Å². The van der Waals surface area contributed by atoms with E-state index in [-0.39, 0.29) is 11.8 Å². The lowest BCUT2D eigenvalue weighted by Crippen LogP contribution is -2.37. The zero-order valence-electron chi connectivity index (χ0n) is 16.9. The van der Waals surface area contributed by atoms with E-state index in [1.165, 1.54) is 0 Å². The number of hydrogen-bond donors (Lipinski definition) is 3. The number of hydrogen-bond acceptors (Lipinski definition) is 9. The number of azo groups is 1. The summed E-state index contributed by atoms with van der Waals surface area (Å²) in [5.74, 6) is 0.892. The van der Waals surface area contributed by atoms with E-state index >= 15 is 0 Å². The second kappa shape index (κ2) is 8.89. The van der Waals surface area contributed by atoms with Crippen molar-refractivity contribution < 1.29 is 9.84 Å². The Labute approximate surface area is 191 Å². The molecule has 3 N–H and O–H groups in total. The third kappa shape index (κ3) is 4.39. The molecule has 10 nitrogen and oxygen atoms in total. The molecule has 2 aromatic carbocycles. The summed E-state index contributed by atoms with van der Waals surface area (Å²) in [6.45, 7) is 2.53. The molecule has 1 aliphatic rings. The summed E-state index contributed by atoms with van der Waals surface area (Å²) in [6, 6.07) is 15.1. The van der Waals surface area contributed by atoms with Crippen LogP contribution in [0.2, 0.25) is 0 Å². The standard InChI is InChI=1S/C21H19BrN8O2/c22-13-4-3-5-14(12-13)23-19-25-20(27-21(26-19)30-8-10-32-11-9-30)29-28-17-15-6-1-2-7-16(15)24-18(17)31/h1-7,12,24,31H,8-11H2,(H,23,25,26,27). The molecule has 0 unspecified atom stereocenters. The van der Waals surface area contributed by atoms with Gasteiger partial charge in [-0.05, 0) is 24.3 Å². The number of aromatic amines is 1. The molecule has 1 fully saturated rings. The third-order valence-electron chi connectivity index (χ3n) is 4.89. The number of anilines is 3. The summed E-state index contributed by atoms with van der Waals surface area (Å²) in [4.78, 5) is 18.3. The summed E-state index contributed by atoms with van der Waals surface area (Å²) in [5, 5.41) is 22.6. The minimum atomic E-state index is -0.0649. The number of aromatic hydroxyl groups is 1. The molecule has 0 aliphatic carbocycles. The topological polar surface area (TPSA) is 124 Å². The van der Waals surface area contributed by atoms with Crippen molar-refractivity contribution in [2.75, 3.05) is 36.5 Å². The van der Waals surface area contributed by atoms with Crippen molar-refractivity contribution in [3.8, 4) is 5.88 Å². The maximum Gasteiger partial charge on any atom is 0.275 e. The lowest BCUT2D eigenvalue weighted by molar-refractivity contribution is 0.122. The number of nitrogens with zero attached hydrogens (tertiary/aromatic N) is 6. The predicted octanol–water partition coefficient (Wildman–Crippen LogP) is 4.82. The zero-order valence-corrected chi connectivity index (χ0v) is 18.4. The number of aromatic nitrogens is 4. The highest BCUT2D eigenvalue weighted by Crippen LogP contribution is 2.36. The van der Waals surface area contributed by atoms with Gasteiger partial charge in [-0.3, -0.25) is 0 Å². The highest BCUT2D eigenvalue weighted by Gasteiger charge is 2.17. The van der Waals surface area contributed by atoms with Gasteiger partial charge in [-0.1, -0.05) is 40.2 Å². The van der Waals surface area contributed by atoms with Crippen LogP contribution >= 0.6 is 15.9 Å². The maximum atomic E-state index is 10.2. The Balaban J connectivity index is 1.51. The van der Waals surface area contributed by atoms with Crippen LogP contribution in [-0.2, 0) is 4.74 Å². The van der Waals surface area contributed by atoms with Crippen LogP contribution in [0.3, 0.4) is 0 Å². The van der Waals surface area contributed by atoms with Gasteiger partial charge in [0.2, 0.25) is 17.8 Å². The molecule has 0 bridgehead atoms. The van der Waals surface area contributed by atoms with Crippen LogP contribution in [0.1, 0.15) is 0 Å². The monoisotopic (exact) mass is 494 g/mol. The van der Waals surface area contributed by atoms with Crippen LogP contribution in [0.4, 0.5) is 29.2 Å². The Kier molecular flexibility index (Phi) is 5.65. The maximum absolute atomic E-state index is 10.2. The highest BCUT2D eigenvalue weighted by molar-refractivity contribution is 9.10. The normalized spacial score (nSPS) is 14.3. The van der Waals surface area contributed by atoms with Gasteiger partial charge in [0, 0.05) is 28.6 Å². The van der Waals surface area contributed by atoms with Gasteiger partial charge in [0.05, 0.1) is 18.7 Å². The first-order chi connectivity index (χ1) is 15.7. The van der Waals surface area contributed by atoms with Gasteiger partial charge < -0.3 is 25.0 Å². The Morgan fingerprint density at radius 2 is 1.88 bits per heavy atom. The molecule has 4 aromatic rings. The number of rotatable bonds is 5. The van der Waals surface area contributed by atoms with Crippen molar-refractivity contribution in [3.63, 3.8) is 0 Å². The second-order valence-electron chi connectivity index (χ2n) is 7.06. The summed E-state index contributed by atoms with van der Waals surface area (Å²) < 4.78 is 6.36. The minimum absolute atomic E-state index is 0.0649. The molecule has 0 spiro atoms. The van der Waals surface area contributed by atoms with Crippen LogP contribution in [-0.4, -0.2) is 51.3 Å². The van der Waals surface area contributed by atoms with Gasteiger partial charge in [-0.2, -0.15) is 15.0 Å². The molecule has 0 radical (unpaired) electrons. The highest BCUT2D eigenvalue weighted by atomic mass is 79.9. The molecule has 3 heterocycles. The lowest BCUT2D eigenvalue weighted by Gasteiger charge is -2.26. The molecule has 1 saturated heterocycles. The molecular weight excluding hydrogens is 476 g/mol. The molecule has 2 aromatic heterocycles. The first-order valence-corrected chi connectivity index (χ1v) is 10.8. The summed E-state index contributed by atoms with van der Waals surface area (Å²) in [7, 11) is 0. The minimum Gasteiger partial charge on any atom is -0.493 e. The average molecular weight is 495 g/mol. The van der Waals surface area contributed by atoms with E-state index in [0.29, 0.717) is 43.9 Å². The van der Waals surface area contributed by atoms with E-state index in [1.54, 1.807) is 0 Å². The van der Waals surface area contributed by atoms with E-state index < -0.39 is 0 Å². The van der Waals surface area contributed by atoms with Crippen molar-refractivity contribution in [2.45, 2.75) is 0 Å². The lowest BCUT2D eigenvalue weighted by atomic mass is 10.2. The third-order valence-corrected chi connectivity index (χ3v) is 5.38. The average Bonchev–Trinajstić information content (AvgIpc) is 3.13. The van der Waals surface area contributed by atoms with Crippen molar-refractivity contribution in [1.82, 2.24) is 19.9 Å². The van der Waals surface area contributed by atoms with Crippen molar-refractivity contribution in [1.29, 1.82) is 0 Å². The number of ether oxygens (including phenoxy) is 1. The molecule has 1 aliphatic heterocycles. The number of morpholine rings is 1. The number of nitrogens with one attached hydrogen (secondary N) is 2. The Morgan fingerprint density at radius 1 is 1.03 bits per heavy atom. The fraction of sp³-hybridized carbons (Fsp3) is 0.190. The largest absolute Gasteiger partial charge is 0.493 e. The number of fused-ring (bicyclic) bond motifs is 1. The Bertz CT molecular complexity index is 1290. The van der Waals surface area contributed by atoms with Crippen molar-refractivity contribution in [3.05, 3.63) is 53.0 Å². The van der Waals surface area contributed by atoms with Crippen LogP contribution in [0.15, 0.2) is 63.2 Å². The van der Waals surface area contributed by atoms with E-state index in [2.05, 4.69) is 51.4 Å². The number of halogens is 1. The van der Waals surface area contributed by atoms with Crippen LogP contribution in [0, 0.1) is 0 Å². The van der Waals surface area contributed by atoms with E-state index in [1.807, 2.05) is 53.4 Å². The van der Waals surface area contributed by atoms with Crippen LogP contribution in [0.25, 0.3) is 10.9 Å². The molecule has 32 heavy (non-hydrogen) atoms. The van der Waals surface area contributed by atoms with Gasteiger partial charge in [0.25, 0.3) is 5.95 Å². The van der Waals surface area contributed by atoms with Crippen LogP contribution in [0.5, 0.6) is 5.88 Å². The van der Waals surface area contributed by atoms with Crippen LogP contribution < -0.4 is 10.2 Å². The van der Waals surface area contributed by atoms with Gasteiger partial charge in [0.15, 0.2) is 5.69 Å². The van der Waals surface area contributed by atoms with E-state index in [9.17, 15) is 5.11 Å². The SMILES string of the molecule is Oc1[nH]c2ccccc2c1N=Nc1nc(Nc2cccc(Br)c2)nc(N2CCOCC2)n1. The fourth-order valence-corrected chi connectivity index (χ4v) is 3.76. The van der Waals surface area contributed by atoms with Gasteiger partial charge in [0.1, 0.15) is 0 Å². The quantitative estimate of drug-likeness (QED) is 0.339. The molecule has 11 heteroatoms. The summed E-state index contributed by atoms with van der Waals surface area (Å²) in [6.07, 6.45) is 0. The predicted molar refractivity (Wildman–Crippen MR) is 124 cm³/mol. The fourth-order valence-electron chi connectivity index (χ4n) is 3.36. The zero-order chi connectivity index (χ0) is 21.9. The summed E-state index contributed by atoms with van der Waals surface area (Å²) >= 11 is 3.46. The summed E-state index contributed by atoms with van der Waals surface area (Å²) in [5.41, 5.74) is 1.91. The molecule has 162 valence electrons. The Hall–Kier alpha value is -3.57. The first-order valence-electron chi connectivity index (χ1n) is 9.98.